The van der Waals surface area contributed by atoms with Crippen molar-refractivity contribution < 1.29 is 4.79 Å². The van der Waals surface area contributed by atoms with Crippen molar-refractivity contribution in [3.05, 3.63) is 29.8 Å². The maximum atomic E-state index is 12.0. The smallest absolute Gasteiger partial charge is 0.238 e. The number of likely N-dealkylation sites (tertiary alicyclic amines) is 1. The summed E-state index contributed by atoms with van der Waals surface area (Å²) in [6.07, 6.45) is 2.76. The molecule has 1 aliphatic heterocycles. The van der Waals surface area contributed by atoms with E-state index in [4.69, 9.17) is 5.26 Å². The standard InChI is InChI=1S/C16H21N3O/c1-13-7-10-19(11-8-13)12-16(20)18-15-4-2-14(3-5-15)6-9-17/h2-5,13H,6-8,10-12H2,1H3,(H,18,20). The average molecular weight is 271 g/mol. The van der Waals surface area contributed by atoms with Gasteiger partial charge in [-0.15, -0.1) is 0 Å². The molecule has 4 heteroatoms. The van der Waals surface area contributed by atoms with E-state index in [1.54, 1.807) is 0 Å². The largest absolute Gasteiger partial charge is 0.325 e. The van der Waals surface area contributed by atoms with E-state index in [-0.39, 0.29) is 5.91 Å². The van der Waals surface area contributed by atoms with Crippen LogP contribution in [-0.2, 0) is 11.2 Å². The zero-order valence-electron chi connectivity index (χ0n) is 11.9. The monoisotopic (exact) mass is 271 g/mol. The molecule has 4 nitrogen and oxygen atoms in total. The summed E-state index contributed by atoms with van der Waals surface area (Å²) >= 11 is 0. The van der Waals surface area contributed by atoms with Crippen LogP contribution < -0.4 is 5.32 Å². The molecular formula is C16H21N3O. The molecule has 1 amide bonds. The number of benzene rings is 1. The van der Waals surface area contributed by atoms with E-state index in [0.717, 1.165) is 30.3 Å². The van der Waals surface area contributed by atoms with E-state index in [2.05, 4.69) is 23.2 Å². The van der Waals surface area contributed by atoms with Crippen molar-refractivity contribution in [2.75, 3.05) is 25.0 Å². The Labute approximate surface area is 120 Å². The van der Waals surface area contributed by atoms with E-state index in [1.807, 2.05) is 24.3 Å². The van der Waals surface area contributed by atoms with Crippen molar-refractivity contribution in [3.63, 3.8) is 0 Å². The van der Waals surface area contributed by atoms with Crippen LogP contribution in [0.5, 0.6) is 0 Å². The topological polar surface area (TPSA) is 56.1 Å². The Bertz CT molecular complexity index is 481. The minimum absolute atomic E-state index is 0.0348. The molecule has 2 rings (SSSR count). The van der Waals surface area contributed by atoms with Gasteiger partial charge in [-0.05, 0) is 49.5 Å². The molecule has 0 spiro atoms. The van der Waals surface area contributed by atoms with Gasteiger partial charge < -0.3 is 5.32 Å². The van der Waals surface area contributed by atoms with Crippen LogP contribution in [0, 0.1) is 17.2 Å². The van der Waals surface area contributed by atoms with Crippen LogP contribution in [0.2, 0.25) is 0 Å². The molecule has 0 bridgehead atoms. The van der Waals surface area contributed by atoms with Crippen LogP contribution in [0.25, 0.3) is 0 Å². The van der Waals surface area contributed by atoms with Gasteiger partial charge in [-0.1, -0.05) is 19.1 Å². The molecule has 1 aliphatic rings. The van der Waals surface area contributed by atoms with Gasteiger partial charge in [-0.3, -0.25) is 9.69 Å². The van der Waals surface area contributed by atoms with Gasteiger partial charge in [0.2, 0.25) is 5.91 Å². The maximum absolute atomic E-state index is 12.0. The summed E-state index contributed by atoms with van der Waals surface area (Å²) in [4.78, 5) is 14.2. The first kappa shape index (κ1) is 14.5. The molecule has 1 saturated heterocycles. The van der Waals surface area contributed by atoms with Crippen molar-refractivity contribution in [1.29, 1.82) is 5.26 Å². The number of nitriles is 1. The molecule has 0 aliphatic carbocycles. The van der Waals surface area contributed by atoms with E-state index in [9.17, 15) is 4.79 Å². The zero-order valence-corrected chi connectivity index (χ0v) is 11.9. The molecule has 1 aromatic carbocycles. The highest BCUT2D eigenvalue weighted by molar-refractivity contribution is 5.92. The number of nitrogens with one attached hydrogen (secondary N) is 1. The number of nitrogens with zero attached hydrogens (tertiary/aromatic N) is 2. The van der Waals surface area contributed by atoms with Gasteiger partial charge in [0, 0.05) is 5.69 Å². The molecule has 0 atom stereocenters. The third kappa shape index (κ3) is 4.36. The van der Waals surface area contributed by atoms with Gasteiger partial charge >= 0.3 is 0 Å². The first-order chi connectivity index (χ1) is 9.67. The highest BCUT2D eigenvalue weighted by Crippen LogP contribution is 2.16. The highest BCUT2D eigenvalue weighted by Gasteiger charge is 2.17. The molecule has 0 unspecified atom stereocenters. The number of hydrogen-bond acceptors (Lipinski definition) is 3. The fraction of sp³-hybridized carbons (Fsp3) is 0.500. The summed E-state index contributed by atoms with van der Waals surface area (Å²) in [7, 11) is 0. The van der Waals surface area contributed by atoms with Crippen molar-refractivity contribution in [1.82, 2.24) is 4.90 Å². The van der Waals surface area contributed by atoms with Crippen molar-refractivity contribution in [3.8, 4) is 6.07 Å². The van der Waals surface area contributed by atoms with Crippen LogP contribution >= 0.6 is 0 Å². The third-order valence-corrected chi connectivity index (χ3v) is 3.76. The molecule has 0 aromatic heterocycles. The second kappa shape index (κ2) is 7.06. The zero-order chi connectivity index (χ0) is 14.4. The van der Waals surface area contributed by atoms with Crippen LogP contribution in [0.15, 0.2) is 24.3 Å². The Morgan fingerprint density at radius 2 is 2.00 bits per heavy atom. The number of carbonyl (C=O) groups excluding carboxylic acids is 1. The lowest BCUT2D eigenvalue weighted by Crippen LogP contribution is -2.38. The van der Waals surface area contributed by atoms with E-state index < -0.39 is 0 Å². The van der Waals surface area contributed by atoms with E-state index >= 15 is 0 Å². The molecule has 106 valence electrons. The fourth-order valence-electron chi connectivity index (χ4n) is 2.42. The first-order valence-corrected chi connectivity index (χ1v) is 7.15. The maximum Gasteiger partial charge on any atom is 0.238 e. The van der Waals surface area contributed by atoms with Crippen molar-refractivity contribution >= 4 is 11.6 Å². The van der Waals surface area contributed by atoms with E-state index in [0.29, 0.717) is 13.0 Å². The van der Waals surface area contributed by atoms with E-state index in [1.165, 1.54) is 12.8 Å². The minimum Gasteiger partial charge on any atom is -0.325 e. The van der Waals surface area contributed by atoms with Gasteiger partial charge in [0.25, 0.3) is 0 Å². The van der Waals surface area contributed by atoms with Crippen LogP contribution in [0.4, 0.5) is 5.69 Å². The Morgan fingerprint density at radius 1 is 1.35 bits per heavy atom. The predicted molar refractivity (Wildman–Crippen MR) is 79.2 cm³/mol. The number of carbonyl (C=O) groups is 1. The third-order valence-electron chi connectivity index (χ3n) is 3.76. The summed E-state index contributed by atoms with van der Waals surface area (Å²) < 4.78 is 0. The Morgan fingerprint density at radius 3 is 2.60 bits per heavy atom. The SMILES string of the molecule is CC1CCN(CC(=O)Nc2ccc(CC#N)cc2)CC1. The lowest BCUT2D eigenvalue weighted by molar-refractivity contribution is -0.117. The Hall–Kier alpha value is -1.86. The van der Waals surface area contributed by atoms with Crippen molar-refractivity contribution in [2.45, 2.75) is 26.2 Å². The lowest BCUT2D eigenvalue weighted by Gasteiger charge is -2.29. The van der Waals surface area contributed by atoms with Gasteiger partial charge in [0.1, 0.15) is 0 Å². The molecule has 0 radical (unpaired) electrons. The quantitative estimate of drug-likeness (QED) is 0.915. The number of hydrogen-bond donors (Lipinski definition) is 1. The summed E-state index contributed by atoms with van der Waals surface area (Å²) in [6.45, 7) is 4.75. The van der Waals surface area contributed by atoms with Crippen LogP contribution in [-0.4, -0.2) is 30.4 Å². The predicted octanol–water partition coefficient (Wildman–Crippen LogP) is 2.42. The Kier molecular flexibility index (Phi) is 5.14. The summed E-state index contributed by atoms with van der Waals surface area (Å²) in [5.74, 6) is 0.814. The molecule has 1 N–H and O–H groups in total. The summed E-state index contributed by atoms with van der Waals surface area (Å²) in [5, 5.41) is 11.5. The van der Waals surface area contributed by atoms with Crippen molar-refractivity contribution in [2.24, 2.45) is 5.92 Å². The van der Waals surface area contributed by atoms with Crippen LogP contribution in [0.3, 0.4) is 0 Å². The molecular weight excluding hydrogens is 250 g/mol. The lowest BCUT2D eigenvalue weighted by atomic mass is 9.99. The molecule has 20 heavy (non-hydrogen) atoms. The van der Waals surface area contributed by atoms with Gasteiger partial charge in [0.15, 0.2) is 0 Å². The minimum atomic E-state index is 0.0348. The summed E-state index contributed by atoms with van der Waals surface area (Å²) in [5.41, 5.74) is 1.76. The molecule has 0 saturated carbocycles. The number of amides is 1. The average Bonchev–Trinajstić information content (AvgIpc) is 2.44. The molecule has 1 aromatic rings. The molecule has 1 fully saturated rings. The normalized spacial score (nSPS) is 16.6. The van der Waals surface area contributed by atoms with Gasteiger partial charge in [-0.2, -0.15) is 5.26 Å². The van der Waals surface area contributed by atoms with Gasteiger partial charge in [0.05, 0.1) is 19.0 Å². The molecule has 1 heterocycles. The Balaban J connectivity index is 1.80. The second-order valence-electron chi connectivity index (χ2n) is 5.54. The fourth-order valence-corrected chi connectivity index (χ4v) is 2.42. The first-order valence-electron chi connectivity index (χ1n) is 7.15. The number of anilines is 1. The number of rotatable bonds is 4. The highest BCUT2D eigenvalue weighted by atomic mass is 16.2. The summed E-state index contributed by atoms with van der Waals surface area (Å²) in [6, 6.07) is 9.56. The second-order valence-corrected chi connectivity index (χ2v) is 5.54. The number of piperidine rings is 1. The van der Waals surface area contributed by atoms with Gasteiger partial charge in [-0.25, -0.2) is 0 Å². The van der Waals surface area contributed by atoms with Crippen LogP contribution in [0.1, 0.15) is 25.3 Å².